The molecule has 8 rings (SSSR count). The fraction of sp³-hybridized carbons (Fsp3) is 0.629. The lowest BCUT2D eigenvalue weighted by atomic mass is 9.55. The second kappa shape index (κ2) is 25.6. The number of fused-ring (bicyclic) bond motifs is 7. The molecular weight excluding hydrogens is 1180 g/mol. The number of hydrogen-bond acceptors (Lipinski definition) is 18. The lowest BCUT2D eigenvalue weighted by Crippen LogP contribution is -2.56. The number of aliphatic hydroxyl groups excluding tert-OH is 2. The number of aryl methyl sites for hydroxylation is 2. The van der Waals surface area contributed by atoms with Gasteiger partial charge in [0.05, 0.1) is 41.7 Å². The Morgan fingerprint density at radius 1 is 0.800 bits per heavy atom. The number of carbonyl (C=O) groups excluding carboxylic acids is 7. The van der Waals surface area contributed by atoms with Gasteiger partial charge < -0.3 is 69.4 Å². The van der Waals surface area contributed by atoms with E-state index in [4.69, 9.17) is 63.2 Å². The van der Waals surface area contributed by atoms with Crippen LogP contribution < -0.4 is 45.0 Å². The van der Waals surface area contributed by atoms with Crippen molar-refractivity contribution in [2.75, 3.05) is 13.2 Å². The van der Waals surface area contributed by atoms with E-state index >= 15 is 0 Å². The summed E-state index contributed by atoms with van der Waals surface area (Å²) in [7, 11) is -5.07. The molecule has 0 radical (unpaired) electrons. The molecule has 0 saturated carbocycles. The zero-order chi connectivity index (χ0) is 66.7. The number of imidazole rings is 1. The number of aliphatic hydroxyl groups is 2. The van der Waals surface area contributed by atoms with Gasteiger partial charge in [0.15, 0.2) is 6.23 Å². The number of allylic oxidation sites excluding steroid dienone is 6. The summed E-state index contributed by atoms with van der Waals surface area (Å²) in [4.78, 5) is 126. The van der Waals surface area contributed by atoms with Crippen molar-refractivity contribution in [3.63, 3.8) is 0 Å². The molecule has 0 spiro atoms. The number of ether oxygens (including phenoxy) is 1. The maximum Gasteiger partial charge on any atom is 0.472 e. The number of nitrogens with two attached hydrogens (primary N) is 6. The molecule has 6 aliphatic heterocycles. The van der Waals surface area contributed by atoms with Crippen LogP contribution in [0.1, 0.15) is 150 Å². The summed E-state index contributed by atoms with van der Waals surface area (Å²) >= 11 is 0. The van der Waals surface area contributed by atoms with Gasteiger partial charge in [-0.25, -0.2) is 9.55 Å². The van der Waals surface area contributed by atoms with Gasteiger partial charge in [-0.05, 0) is 108 Å². The Morgan fingerprint density at radius 2 is 1.40 bits per heavy atom. The molecular formula is C62H90N13O14P. The molecule has 0 aliphatic carbocycles. The van der Waals surface area contributed by atoms with Gasteiger partial charge in [-0.3, -0.25) is 57.6 Å². The summed E-state index contributed by atoms with van der Waals surface area (Å²) in [6, 6.07) is 2.70. The number of primary amides is 6. The number of aromatic nitrogens is 2. The normalized spacial score (nSPS) is 32.8. The summed E-state index contributed by atoms with van der Waals surface area (Å²) in [5, 5.41) is 28.2. The average Bonchev–Trinajstić information content (AvgIpc) is 1.53. The lowest BCUT2D eigenvalue weighted by Gasteiger charge is -2.48. The molecule has 15 atom stereocenters. The van der Waals surface area contributed by atoms with Gasteiger partial charge in [-0.15, -0.1) is 0 Å². The Bertz CT molecular complexity index is 3540. The number of nitrogens with zero attached hydrogens (tertiary/aromatic N) is 5. The molecule has 6 unspecified atom stereocenters. The van der Waals surface area contributed by atoms with Crippen molar-refractivity contribution in [1.29, 1.82) is 0 Å². The first-order chi connectivity index (χ1) is 41.8. The number of carbonyl (C=O) groups is 7. The number of phosphoric ester groups is 1. The van der Waals surface area contributed by atoms with Crippen molar-refractivity contribution >= 4 is 77.3 Å². The lowest BCUT2D eigenvalue weighted by molar-refractivity contribution is -0.124. The van der Waals surface area contributed by atoms with E-state index in [-0.39, 0.29) is 77.2 Å². The topological polar surface area (TPSA) is 460 Å². The zero-order valence-corrected chi connectivity index (χ0v) is 54.1. The molecule has 6 aliphatic rings. The van der Waals surface area contributed by atoms with Crippen LogP contribution in [-0.2, 0) is 51.9 Å². The Kier molecular flexibility index (Phi) is 19.6. The summed E-state index contributed by atoms with van der Waals surface area (Å²) < 4.78 is 32.3. The second-order valence-electron chi connectivity index (χ2n) is 27.1. The summed E-state index contributed by atoms with van der Waals surface area (Å²) in [6.45, 7) is 19.3. The zero-order valence-electron chi connectivity index (χ0n) is 53.3. The van der Waals surface area contributed by atoms with Crippen molar-refractivity contribution in [1.82, 2.24) is 20.2 Å². The highest BCUT2D eigenvalue weighted by Crippen LogP contribution is 2.63. The number of benzene rings is 1. The third-order valence-corrected chi connectivity index (χ3v) is 21.7. The SMILES string of the molecule is CC1=C2N=C(C=C3N/C(=C(/C)C4=N[C@@](C)(C5N=C1[C@](C)(CCC(=O)NC[C@H](C)OP(=O)(O)OC1C(CO)OC(n6cnc7cc(C)c(C)cc76)C1O)[C@H]5CC(N)=O)[C@@](C)(CC(N)=O)[C@@H]4CCC(N)=O)[C@@](C)(CC(N)=O)[C@@H]3CCC(N)=O)C(C)(C)[C@@H]2CCC(N)=O. The van der Waals surface area contributed by atoms with Gasteiger partial charge in [-0.2, -0.15) is 0 Å². The Balaban J connectivity index is 1.19. The molecule has 1 aromatic heterocycles. The van der Waals surface area contributed by atoms with Gasteiger partial charge in [0.25, 0.3) is 0 Å². The van der Waals surface area contributed by atoms with E-state index in [9.17, 15) is 53.2 Å². The molecule has 2 fully saturated rings. The van der Waals surface area contributed by atoms with Crippen LogP contribution in [0.4, 0.5) is 0 Å². The molecule has 27 nitrogen and oxygen atoms in total. The smallest absolute Gasteiger partial charge is 0.394 e. The third-order valence-electron chi connectivity index (χ3n) is 20.6. The molecule has 2 aromatic rings. The molecule has 28 heteroatoms. The first kappa shape index (κ1) is 68.9. The van der Waals surface area contributed by atoms with E-state index in [0.717, 1.165) is 11.1 Å². The fourth-order valence-corrected chi connectivity index (χ4v) is 16.6. The maximum atomic E-state index is 14.4. The summed E-state index contributed by atoms with van der Waals surface area (Å²) in [5.74, 6) is -7.18. The number of aliphatic imine (C=N–C) groups is 3. The van der Waals surface area contributed by atoms with E-state index in [0.29, 0.717) is 56.4 Å². The summed E-state index contributed by atoms with van der Waals surface area (Å²) in [6.07, 6.45) is -4.26. The maximum absolute atomic E-state index is 14.4. The number of phosphoric acid groups is 1. The minimum Gasteiger partial charge on any atom is -0.394 e. The quantitative estimate of drug-likeness (QED) is 0.0603. The Hall–Kier alpha value is -7.00. The molecule has 8 bridgehead atoms. The number of hydrogen-bond donors (Lipinski definition) is 11. The highest BCUT2D eigenvalue weighted by Gasteiger charge is 2.66. The molecule has 17 N–H and O–H groups in total. The minimum absolute atomic E-state index is 0.0114. The number of amides is 7. The van der Waals surface area contributed by atoms with Crippen molar-refractivity contribution in [3.05, 3.63) is 63.9 Å². The minimum atomic E-state index is -5.07. The Morgan fingerprint density at radius 3 is 1.99 bits per heavy atom. The van der Waals surface area contributed by atoms with Crippen molar-refractivity contribution in [3.8, 4) is 0 Å². The monoisotopic (exact) mass is 1270 g/mol. The highest BCUT2D eigenvalue weighted by molar-refractivity contribution is 7.47. The van der Waals surface area contributed by atoms with Gasteiger partial charge in [0.1, 0.15) is 18.3 Å². The number of nitrogens with one attached hydrogen (secondary N) is 2. The first-order valence-corrected chi connectivity index (χ1v) is 32.1. The molecule has 7 heterocycles. The predicted octanol–water partition coefficient (Wildman–Crippen LogP) is 3.16. The summed E-state index contributed by atoms with van der Waals surface area (Å²) in [5.41, 5.74) is 37.4. The van der Waals surface area contributed by atoms with E-state index in [1.807, 2.05) is 87.4 Å². The highest BCUT2D eigenvalue weighted by atomic mass is 31.2. The van der Waals surface area contributed by atoms with E-state index < -0.39 is 143 Å². The Labute approximate surface area is 523 Å². The molecule has 90 heavy (non-hydrogen) atoms. The third kappa shape index (κ3) is 13.0. The van der Waals surface area contributed by atoms with Crippen molar-refractivity contribution in [2.45, 2.75) is 189 Å². The van der Waals surface area contributed by atoms with E-state index in [1.165, 1.54) is 13.3 Å². The van der Waals surface area contributed by atoms with Gasteiger partial charge in [0, 0.05) is 131 Å². The van der Waals surface area contributed by atoms with Crippen LogP contribution in [0.5, 0.6) is 0 Å². The second-order valence-corrected chi connectivity index (χ2v) is 28.4. The standard InChI is InChI=1S/C62H90N13O14P/c1-29-20-39-40(21-30(29)2)75(28-70-39)57-52(84)53(41(27-76)87-57)89-90(85,86)88-31(3)26-69-49(83)18-19-59(8)37(22-46(66)80)56-62(11)61(10,25-48(68)82)36(14-17-45(65)79)51(74-62)33(5)55-60(9,24-47(67)81)34(12-15-43(63)77)38(71-55)23-42-58(6,7)35(13-16-44(64)78)50(72-42)32(4)54(59)73-56/h20-21,23,28,31,34-37,41,52-53,56-57,71,76,84H,12-19,22,24-27H2,1-11H3,(H2,63,77)(H2,64,78)(H2,65,79)(H2,66,80)(H2,67,81)(H2,68,82)(H,69,83)(H,85,86)/b38-23?,50-32?,55-33-/t31-,34+,35+,36+,37-,41?,52?,53?,56?,57?,59+,60-,61-,62-/m0/s1. The van der Waals surface area contributed by atoms with Crippen LogP contribution in [0.2, 0.25) is 0 Å². The van der Waals surface area contributed by atoms with Gasteiger partial charge in [0.2, 0.25) is 41.4 Å². The van der Waals surface area contributed by atoms with Crippen LogP contribution in [0.25, 0.3) is 11.0 Å². The molecule has 1 aromatic carbocycles. The first-order valence-electron chi connectivity index (χ1n) is 30.6. The van der Waals surface area contributed by atoms with Gasteiger partial charge in [-0.1, -0.05) is 34.6 Å². The molecule has 7 amide bonds. The van der Waals surface area contributed by atoms with Crippen LogP contribution in [0.3, 0.4) is 0 Å². The molecule has 492 valence electrons. The van der Waals surface area contributed by atoms with Crippen molar-refractivity contribution in [2.24, 2.45) is 94.7 Å². The van der Waals surface area contributed by atoms with Crippen LogP contribution in [-0.4, -0.2) is 132 Å². The molecule has 2 saturated heterocycles. The van der Waals surface area contributed by atoms with E-state index in [2.05, 4.69) is 15.6 Å². The van der Waals surface area contributed by atoms with E-state index in [1.54, 1.807) is 4.57 Å². The largest absolute Gasteiger partial charge is 0.472 e. The average molecular weight is 1270 g/mol. The van der Waals surface area contributed by atoms with Gasteiger partial charge >= 0.3 is 7.82 Å². The van der Waals surface area contributed by atoms with Crippen LogP contribution >= 0.6 is 7.82 Å². The van der Waals surface area contributed by atoms with Crippen molar-refractivity contribution < 1.29 is 67.0 Å². The number of rotatable bonds is 26. The van der Waals surface area contributed by atoms with Crippen LogP contribution in [0.15, 0.2) is 67.8 Å². The fourth-order valence-electron chi connectivity index (χ4n) is 15.4. The predicted molar refractivity (Wildman–Crippen MR) is 334 cm³/mol. The van der Waals surface area contributed by atoms with Crippen LogP contribution in [0, 0.1) is 59.2 Å².